The lowest BCUT2D eigenvalue weighted by Gasteiger charge is -2.35. The van der Waals surface area contributed by atoms with Gasteiger partial charge in [0.15, 0.2) is 0 Å². The molecule has 186 valence electrons. The van der Waals surface area contributed by atoms with Crippen molar-refractivity contribution in [3.63, 3.8) is 0 Å². The first-order valence-electron chi connectivity index (χ1n) is 13.3. The van der Waals surface area contributed by atoms with Crippen LogP contribution in [0.5, 0.6) is 5.75 Å². The minimum atomic E-state index is -0.598. The molecular formula is C37H27NO. The molecule has 6 aromatic rings. The van der Waals surface area contributed by atoms with E-state index in [1.165, 1.54) is 16.7 Å². The van der Waals surface area contributed by atoms with Crippen molar-refractivity contribution < 1.29 is 5.11 Å². The molecule has 0 heterocycles. The quantitative estimate of drug-likeness (QED) is 0.230. The van der Waals surface area contributed by atoms with E-state index in [4.69, 9.17) is 0 Å². The third kappa shape index (κ3) is 3.65. The zero-order chi connectivity index (χ0) is 26.2. The Balaban J connectivity index is 1.46. The van der Waals surface area contributed by atoms with Crippen LogP contribution in [-0.4, -0.2) is 5.11 Å². The van der Waals surface area contributed by atoms with Crippen molar-refractivity contribution >= 4 is 11.4 Å². The lowest BCUT2D eigenvalue weighted by Crippen LogP contribution is -2.29. The van der Waals surface area contributed by atoms with E-state index >= 15 is 0 Å². The highest BCUT2D eigenvalue weighted by molar-refractivity contribution is 5.94. The minimum absolute atomic E-state index is 0.288. The predicted molar refractivity (Wildman–Crippen MR) is 161 cm³/mol. The van der Waals surface area contributed by atoms with E-state index in [2.05, 4.69) is 139 Å². The summed E-state index contributed by atoms with van der Waals surface area (Å²) >= 11 is 0. The first-order chi connectivity index (χ1) is 19.3. The summed E-state index contributed by atoms with van der Waals surface area (Å²) in [6.45, 7) is 0. The van der Waals surface area contributed by atoms with Crippen LogP contribution < -0.4 is 5.32 Å². The van der Waals surface area contributed by atoms with E-state index in [-0.39, 0.29) is 5.75 Å². The van der Waals surface area contributed by atoms with E-state index in [9.17, 15) is 5.11 Å². The first kappa shape index (κ1) is 23.1. The molecule has 2 N–H and O–H groups in total. The van der Waals surface area contributed by atoms with Gasteiger partial charge in [-0.3, -0.25) is 0 Å². The molecule has 0 atom stereocenters. The van der Waals surface area contributed by atoms with Crippen LogP contribution in [0.2, 0.25) is 0 Å². The summed E-state index contributed by atoms with van der Waals surface area (Å²) in [4.78, 5) is 0. The van der Waals surface area contributed by atoms with Crippen LogP contribution in [0.15, 0.2) is 152 Å². The summed E-state index contributed by atoms with van der Waals surface area (Å²) in [6, 6.07) is 52.5. The first-order valence-corrected chi connectivity index (χ1v) is 13.3. The molecule has 0 radical (unpaired) electrons. The van der Waals surface area contributed by atoms with Gasteiger partial charge < -0.3 is 10.4 Å². The Hall–Kier alpha value is -5.08. The van der Waals surface area contributed by atoms with E-state index in [0.717, 1.165) is 39.2 Å². The van der Waals surface area contributed by atoms with Gasteiger partial charge in [0.25, 0.3) is 0 Å². The van der Waals surface area contributed by atoms with E-state index in [1.807, 2.05) is 18.2 Å². The lowest BCUT2D eigenvalue weighted by molar-refractivity contribution is 0.477. The molecule has 0 fully saturated rings. The van der Waals surface area contributed by atoms with Crippen molar-refractivity contribution in [2.75, 3.05) is 5.32 Å². The van der Waals surface area contributed by atoms with Crippen molar-refractivity contribution in [1.82, 2.24) is 0 Å². The average Bonchev–Trinajstić information content (AvgIpc) is 3.33. The topological polar surface area (TPSA) is 32.3 Å². The second kappa shape index (κ2) is 9.34. The number of fused-ring (bicyclic) bond motifs is 3. The maximum absolute atomic E-state index is 11.3. The van der Waals surface area contributed by atoms with Crippen LogP contribution in [0, 0.1) is 0 Å². The van der Waals surface area contributed by atoms with Crippen LogP contribution >= 0.6 is 0 Å². The van der Waals surface area contributed by atoms with Gasteiger partial charge in [-0.05, 0) is 57.6 Å². The molecule has 2 heteroatoms. The number of phenols is 1. The number of nitrogens with one attached hydrogen (secondary N) is 1. The Bertz CT molecular complexity index is 1720. The van der Waals surface area contributed by atoms with Gasteiger partial charge in [-0.1, -0.05) is 127 Å². The Labute approximate surface area is 228 Å². The molecule has 0 unspecified atom stereocenters. The molecule has 0 amide bonds. The van der Waals surface area contributed by atoms with Crippen LogP contribution in [0.4, 0.5) is 11.4 Å². The van der Waals surface area contributed by atoms with Crippen LogP contribution in [0.25, 0.3) is 22.3 Å². The molecule has 1 aliphatic rings. The number of hydrogen-bond donors (Lipinski definition) is 2. The van der Waals surface area contributed by atoms with Crippen molar-refractivity contribution in [2.24, 2.45) is 0 Å². The third-order valence-corrected chi connectivity index (χ3v) is 7.84. The van der Waals surface area contributed by atoms with Crippen molar-refractivity contribution in [3.05, 3.63) is 174 Å². The van der Waals surface area contributed by atoms with E-state index in [1.54, 1.807) is 0 Å². The van der Waals surface area contributed by atoms with Gasteiger partial charge in [0.1, 0.15) is 5.75 Å². The maximum atomic E-state index is 11.3. The molecule has 0 bridgehead atoms. The molecule has 6 aromatic carbocycles. The van der Waals surface area contributed by atoms with Gasteiger partial charge in [0, 0.05) is 22.5 Å². The summed E-state index contributed by atoms with van der Waals surface area (Å²) in [5.41, 5.74) is 10.2. The molecule has 0 saturated carbocycles. The predicted octanol–water partition coefficient (Wildman–Crippen LogP) is 9.17. The zero-order valence-corrected chi connectivity index (χ0v) is 21.4. The minimum Gasteiger partial charge on any atom is -0.507 e. The third-order valence-electron chi connectivity index (χ3n) is 7.84. The van der Waals surface area contributed by atoms with Crippen LogP contribution in [-0.2, 0) is 5.41 Å². The second-order valence-electron chi connectivity index (χ2n) is 9.98. The smallest absolute Gasteiger partial charge is 0.123 e. The van der Waals surface area contributed by atoms with Gasteiger partial charge in [-0.15, -0.1) is 0 Å². The summed E-state index contributed by atoms with van der Waals surface area (Å²) in [6.07, 6.45) is 0. The molecule has 7 rings (SSSR count). The molecule has 0 aromatic heterocycles. The van der Waals surface area contributed by atoms with E-state index in [0.29, 0.717) is 0 Å². The summed E-state index contributed by atoms with van der Waals surface area (Å²) < 4.78 is 0. The molecule has 39 heavy (non-hydrogen) atoms. The van der Waals surface area contributed by atoms with Gasteiger partial charge >= 0.3 is 0 Å². The van der Waals surface area contributed by atoms with Crippen molar-refractivity contribution in [2.45, 2.75) is 5.41 Å². The number of aromatic hydroxyl groups is 1. The lowest BCUT2D eigenvalue weighted by atomic mass is 9.67. The molecular weight excluding hydrogens is 474 g/mol. The Kier molecular flexibility index (Phi) is 5.53. The molecule has 0 spiro atoms. The molecule has 0 aliphatic heterocycles. The molecule has 2 nitrogen and oxygen atoms in total. The SMILES string of the molecule is Oc1ccc(Nc2ccc(-c3ccccc3)cc2)c2c1-c1ccccc1C2(c1ccccc1)c1ccccc1. The van der Waals surface area contributed by atoms with Crippen LogP contribution in [0.1, 0.15) is 22.3 Å². The summed E-state index contributed by atoms with van der Waals surface area (Å²) in [5, 5.41) is 15.1. The largest absolute Gasteiger partial charge is 0.507 e. The van der Waals surface area contributed by atoms with E-state index < -0.39 is 5.41 Å². The fraction of sp³-hybridized carbons (Fsp3) is 0.0270. The van der Waals surface area contributed by atoms with Gasteiger partial charge in [-0.25, -0.2) is 0 Å². The Morgan fingerprint density at radius 3 is 1.67 bits per heavy atom. The Morgan fingerprint density at radius 1 is 0.487 bits per heavy atom. The molecule has 1 aliphatic carbocycles. The van der Waals surface area contributed by atoms with Crippen LogP contribution in [0.3, 0.4) is 0 Å². The monoisotopic (exact) mass is 501 g/mol. The maximum Gasteiger partial charge on any atom is 0.123 e. The standard InChI is InChI=1S/C37H27NO/c39-34-25-24-33(38-30-22-20-27(21-23-30)26-12-4-1-5-13-26)36-35(34)31-18-10-11-19-32(31)37(36,28-14-6-2-7-15-28)29-16-8-3-9-17-29/h1-25,38-39H. The Morgan fingerprint density at radius 2 is 1.03 bits per heavy atom. The normalized spacial score (nSPS) is 12.9. The summed E-state index contributed by atoms with van der Waals surface area (Å²) in [7, 11) is 0. The number of rotatable bonds is 5. The summed E-state index contributed by atoms with van der Waals surface area (Å²) in [5.74, 6) is 0.288. The zero-order valence-electron chi connectivity index (χ0n) is 21.4. The fourth-order valence-corrected chi connectivity index (χ4v) is 6.20. The average molecular weight is 502 g/mol. The van der Waals surface area contributed by atoms with Gasteiger partial charge in [0.05, 0.1) is 5.41 Å². The number of phenolic OH excluding ortho intramolecular Hbond substituents is 1. The highest BCUT2D eigenvalue weighted by Gasteiger charge is 2.48. The van der Waals surface area contributed by atoms with Gasteiger partial charge in [-0.2, -0.15) is 0 Å². The fourth-order valence-electron chi connectivity index (χ4n) is 6.20. The second-order valence-corrected chi connectivity index (χ2v) is 9.98. The van der Waals surface area contributed by atoms with Gasteiger partial charge in [0.2, 0.25) is 0 Å². The number of hydrogen-bond acceptors (Lipinski definition) is 2. The molecule has 0 saturated heterocycles. The number of benzene rings is 6. The van der Waals surface area contributed by atoms with Crippen molar-refractivity contribution in [1.29, 1.82) is 0 Å². The highest BCUT2D eigenvalue weighted by atomic mass is 16.3. The van der Waals surface area contributed by atoms with Crippen molar-refractivity contribution in [3.8, 4) is 28.0 Å². The number of anilines is 2. The highest BCUT2D eigenvalue weighted by Crippen LogP contribution is 2.60.